The molecule has 5 heteroatoms. The first-order chi connectivity index (χ1) is 10.5. The minimum absolute atomic E-state index is 0.0968. The molecule has 0 radical (unpaired) electrons. The predicted octanol–water partition coefficient (Wildman–Crippen LogP) is 3.74. The molecule has 0 aliphatic carbocycles. The van der Waals surface area contributed by atoms with E-state index in [0.717, 1.165) is 11.1 Å². The molecule has 2 rings (SSSR count). The van der Waals surface area contributed by atoms with Gasteiger partial charge in [0.1, 0.15) is 0 Å². The maximum atomic E-state index is 12.2. The average molecular weight is 337 g/mol. The molecule has 0 saturated carbocycles. The van der Waals surface area contributed by atoms with E-state index in [2.05, 4.69) is 5.32 Å². The average Bonchev–Trinajstić information content (AvgIpc) is 2.50. The van der Waals surface area contributed by atoms with Crippen molar-refractivity contribution in [3.05, 3.63) is 69.7 Å². The maximum absolute atomic E-state index is 12.2. The quantitative estimate of drug-likeness (QED) is 0.873. The van der Waals surface area contributed by atoms with Crippen LogP contribution in [0, 0.1) is 0 Å². The zero-order valence-electron chi connectivity index (χ0n) is 12.2. The second-order valence-electron chi connectivity index (χ2n) is 5.19. The van der Waals surface area contributed by atoms with Crippen molar-refractivity contribution >= 4 is 29.1 Å². The molecule has 1 amide bonds. The highest BCUT2D eigenvalue weighted by Crippen LogP contribution is 2.22. The van der Waals surface area contributed by atoms with Gasteiger partial charge in [-0.2, -0.15) is 0 Å². The summed E-state index contributed by atoms with van der Waals surface area (Å²) >= 11 is 12.0. The number of carbonyl (C=O) groups is 1. The van der Waals surface area contributed by atoms with Crippen LogP contribution >= 0.6 is 23.2 Å². The minimum atomic E-state index is -0.662. The van der Waals surface area contributed by atoms with Crippen LogP contribution in [0.3, 0.4) is 0 Å². The van der Waals surface area contributed by atoms with Crippen molar-refractivity contribution in [2.24, 2.45) is 5.73 Å². The van der Waals surface area contributed by atoms with Gasteiger partial charge in [-0.15, -0.1) is 0 Å². The Bertz CT molecular complexity index is 646. The number of carbonyl (C=O) groups excluding carboxylic acids is 1. The van der Waals surface area contributed by atoms with Crippen molar-refractivity contribution in [1.29, 1.82) is 0 Å². The topological polar surface area (TPSA) is 55.1 Å². The van der Waals surface area contributed by atoms with Gasteiger partial charge in [0.05, 0.1) is 12.1 Å². The van der Waals surface area contributed by atoms with Crippen LogP contribution in [0.15, 0.2) is 48.5 Å². The molecule has 2 aromatic carbocycles. The van der Waals surface area contributed by atoms with Gasteiger partial charge in [-0.3, -0.25) is 4.79 Å². The van der Waals surface area contributed by atoms with Crippen LogP contribution < -0.4 is 11.1 Å². The molecule has 0 fully saturated rings. The first kappa shape index (κ1) is 16.8. The van der Waals surface area contributed by atoms with Gasteiger partial charge in [0.2, 0.25) is 5.91 Å². The largest absolute Gasteiger partial charge is 0.348 e. The third kappa shape index (κ3) is 4.47. The molecule has 0 unspecified atom stereocenters. The molecule has 3 nitrogen and oxygen atoms in total. The Morgan fingerprint density at radius 1 is 1.18 bits per heavy atom. The van der Waals surface area contributed by atoms with Gasteiger partial charge in [0.15, 0.2) is 0 Å². The van der Waals surface area contributed by atoms with Crippen LogP contribution in [-0.4, -0.2) is 11.9 Å². The van der Waals surface area contributed by atoms with E-state index in [1.165, 1.54) is 0 Å². The van der Waals surface area contributed by atoms with Crippen molar-refractivity contribution < 1.29 is 4.79 Å². The van der Waals surface area contributed by atoms with Crippen molar-refractivity contribution in [3.8, 4) is 0 Å². The van der Waals surface area contributed by atoms with Crippen LogP contribution in [-0.2, 0) is 11.2 Å². The molecular weight excluding hydrogens is 319 g/mol. The summed E-state index contributed by atoms with van der Waals surface area (Å²) in [7, 11) is 0. The standard InChI is InChI=1S/C17H18Cl2N2O/c1-11(12-5-3-2-4-6-12)21-17(22)16(20)9-13-7-8-14(18)10-15(13)19/h2-8,10-11,16H,9,20H2,1H3,(H,21,22)/t11-,16-/m1/s1. The zero-order chi connectivity index (χ0) is 16.1. The number of nitrogens with two attached hydrogens (primary N) is 1. The van der Waals surface area contributed by atoms with Gasteiger partial charge in [-0.25, -0.2) is 0 Å². The SMILES string of the molecule is C[C@@H](NC(=O)[C@H](N)Cc1ccc(Cl)cc1Cl)c1ccccc1. The molecule has 0 saturated heterocycles. The van der Waals surface area contributed by atoms with Crippen LogP contribution in [0.25, 0.3) is 0 Å². The zero-order valence-corrected chi connectivity index (χ0v) is 13.7. The summed E-state index contributed by atoms with van der Waals surface area (Å²) < 4.78 is 0. The lowest BCUT2D eigenvalue weighted by Gasteiger charge is -2.18. The molecule has 22 heavy (non-hydrogen) atoms. The Balaban J connectivity index is 1.97. The van der Waals surface area contributed by atoms with E-state index in [-0.39, 0.29) is 11.9 Å². The fraction of sp³-hybridized carbons (Fsp3) is 0.235. The number of halogens is 2. The highest BCUT2D eigenvalue weighted by molar-refractivity contribution is 6.35. The van der Waals surface area contributed by atoms with Gasteiger partial charge in [-0.1, -0.05) is 59.6 Å². The molecular formula is C17H18Cl2N2O. The molecule has 0 aliphatic heterocycles. The lowest BCUT2D eigenvalue weighted by Crippen LogP contribution is -2.43. The Labute approximate surface area is 140 Å². The number of nitrogens with one attached hydrogen (secondary N) is 1. The number of hydrogen-bond acceptors (Lipinski definition) is 2. The van der Waals surface area contributed by atoms with Gasteiger partial charge in [0.25, 0.3) is 0 Å². The van der Waals surface area contributed by atoms with E-state index in [1.807, 2.05) is 37.3 Å². The fourth-order valence-electron chi connectivity index (χ4n) is 2.16. The monoisotopic (exact) mass is 336 g/mol. The van der Waals surface area contributed by atoms with E-state index in [0.29, 0.717) is 16.5 Å². The molecule has 116 valence electrons. The molecule has 0 bridgehead atoms. The predicted molar refractivity (Wildman–Crippen MR) is 91.1 cm³/mol. The molecule has 2 aromatic rings. The summed E-state index contributed by atoms with van der Waals surface area (Å²) in [6.07, 6.45) is 0.364. The number of benzene rings is 2. The number of amides is 1. The molecule has 0 aliphatic rings. The van der Waals surface area contributed by atoms with Crippen molar-refractivity contribution in [2.45, 2.75) is 25.4 Å². The lowest BCUT2D eigenvalue weighted by molar-refractivity contribution is -0.123. The molecule has 0 aromatic heterocycles. The van der Waals surface area contributed by atoms with E-state index in [1.54, 1.807) is 18.2 Å². The summed E-state index contributed by atoms with van der Waals surface area (Å²) in [5, 5.41) is 3.99. The summed E-state index contributed by atoms with van der Waals surface area (Å²) in [4.78, 5) is 12.2. The first-order valence-corrected chi connectivity index (χ1v) is 7.78. The van der Waals surface area contributed by atoms with Crippen LogP contribution in [0.1, 0.15) is 24.1 Å². The van der Waals surface area contributed by atoms with Gasteiger partial charge in [-0.05, 0) is 36.6 Å². The van der Waals surface area contributed by atoms with Crippen LogP contribution in [0.4, 0.5) is 0 Å². The highest BCUT2D eigenvalue weighted by atomic mass is 35.5. The van der Waals surface area contributed by atoms with Gasteiger partial charge >= 0.3 is 0 Å². The highest BCUT2D eigenvalue weighted by Gasteiger charge is 2.18. The summed E-state index contributed by atoms with van der Waals surface area (Å²) in [6, 6.07) is 14.2. The summed E-state index contributed by atoms with van der Waals surface area (Å²) in [5.41, 5.74) is 7.82. The lowest BCUT2D eigenvalue weighted by atomic mass is 10.0. The van der Waals surface area contributed by atoms with E-state index in [9.17, 15) is 4.79 Å². The summed E-state index contributed by atoms with van der Waals surface area (Å²) in [6.45, 7) is 1.93. The second kappa shape index (κ2) is 7.63. The third-order valence-electron chi connectivity index (χ3n) is 3.45. The molecule has 3 N–H and O–H groups in total. The maximum Gasteiger partial charge on any atom is 0.237 e. The van der Waals surface area contributed by atoms with Crippen molar-refractivity contribution in [3.63, 3.8) is 0 Å². The van der Waals surface area contributed by atoms with E-state index in [4.69, 9.17) is 28.9 Å². The number of hydrogen-bond donors (Lipinski definition) is 2. The molecule has 2 atom stereocenters. The van der Waals surface area contributed by atoms with Crippen LogP contribution in [0.2, 0.25) is 10.0 Å². The van der Waals surface area contributed by atoms with Crippen molar-refractivity contribution in [2.75, 3.05) is 0 Å². The van der Waals surface area contributed by atoms with Crippen molar-refractivity contribution in [1.82, 2.24) is 5.32 Å². The normalized spacial score (nSPS) is 13.5. The summed E-state index contributed by atoms with van der Waals surface area (Å²) in [5.74, 6) is -0.206. The Kier molecular flexibility index (Phi) is 5.83. The smallest absolute Gasteiger partial charge is 0.237 e. The van der Waals surface area contributed by atoms with E-state index < -0.39 is 6.04 Å². The Morgan fingerprint density at radius 2 is 1.86 bits per heavy atom. The first-order valence-electron chi connectivity index (χ1n) is 7.02. The van der Waals surface area contributed by atoms with Gasteiger partial charge < -0.3 is 11.1 Å². The Hall–Kier alpha value is -1.55. The van der Waals surface area contributed by atoms with Crippen LogP contribution in [0.5, 0.6) is 0 Å². The second-order valence-corrected chi connectivity index (χ2v) is 6.03. The van der Waals surface area contributed by atoms with Gasteiger partial charge in [0, 0.05) is 10.0 Å². The third-order valence-corrected chi connectivity index (χ3v) is 4.04. The minimum Gasteiger partial charge on any atom is -0.348 e. The fourth-order valence-corrected chi connectivity index (χ4v) is 2.65. The van der Waals surface area contributed by atoms with E-state index >= 15 is 0 Å². The number of rotatable bonds is 5. The Morgan fingerprint density at radius 3 is 2.50 bits per heavy atom. The molecule has 0 heterocycles. The molecule has 0 spiro atoms.